The number of carbonyl (C=O) groups excluding carboxylic acids is 1. The molecule has 0 atom stereocenters. The first-order valence-electron chi connectivity index (χ1n) is 7.04. The smallest absolute Gasteiger partial charge is 0.256 e. The van der Waals surface area contributed by atoms with Crippen molar-refractivity contribution in [2.24, 2.45) is 0 Å². The van der Waals surface area contributed by atoms with Crippen molar-refractivity contribution in [2.75, 3.05) is 5.32 Å². The molecule has 1 heterocycles. The normalized spacial score (nSPS) is 15.1. The maximum atomic E-state index is 12.3. The van der Waals surface area contributed by atoms with Gasteiger partial charge < -0.3 is 5.32 Å². The Morgan fingerprint density at radius 3 is 2.59 bits per heavy atom. The van der Waals surface area contributed by atoms with Crippen LogP contribution in [-0.4, -0.2) is 5.91 Å². The number of benzene rings is 3. The summed E-state index contributed by atoms with van der Waals surface area (Å²) in [5.74, 6) is -0.115. The van der Waals surface area contributed by atoms with Gasteiger partial charge in [-0.25, -0.2) is 0 Å². The van der Waals surface area contributed by atoms with Crippen LogP contribution in [0.1, 0.15) is 11.1 Å². The van der Waals surface area contributed by atoms with Gasteiger partial charge in [-0.3, -0.25) is 4.79 Å². The van der Waals surface area contributed by atoms with E-state index in [1.807, 2.05) is 42.5 Å². The highest BCUT2D eigenvalue weighted by Crippen LogP contribution is 2.38. The Labute approximate surface area is 133 Å². The van der Waals surface area contributed by atoms with E-state index in [2.05, 4.69) is 23.5 Å². The largest absolute Gasteiger partial charge is 0.321 e. The Morgan fingerprint density at radius 2 is 1.68 bits per heavy atom. The molecule has 1 aliphatic rings. The maximum Gasteiger partial charge on any atom is 0.256 e. The summed E-state index contributed by atoms with van der Waals surface area (Å²) in [6.45, 7) is 0. The molecule has 0 unspecified atom stereocenters. The topological polar surface area (TPSA) is 29.1 Å². The van der Waals surface area contributed by atoms with Crippen molar-refractivity contribution in [3.8, 4) is 0 Å². The van der Waals surface area contributed by atoms with Gasteiger partial charge >= 0.3 is 0 Å². The van der Waals surface area contributed by atoms with Crippen LogP contribution in [0.5, 0.6) is 0 Å². The zero-order chi connectivity index (χ0) is 15.1. The van der Waals surface area contributed by atoms with Crippen LogP contribution in [0.25, 0.3) is 22.4 Å². The number of nitrogens with one attached hydrogen (secondary N) is 1. The van der Waals surface area contributed by atoms with Gasteiger partial charge in [0.05, 0.1) is 16.3 Å². The molecule has 1 N–H and O–H groups in total. The van der Waals surface area contributed by atoms with E-state index in [0.717, 1.165) is 27.6 Å². The van der Waals surface area contributed by atoms with Crippen LogP contribution < -0.4 is 5.32 Å². The van der Waals surface area contributed by atoms with Crippen LogP contribution in [0.2, 0.25) is 5.02 Å². The highest BCUT2D eigenvalue weighted by atomic mass is 35.5. The minimum Gasteiger partial charge on any atom is -0.321 e. The van der Waals surface area contributed by atoms with Crippen LogP contribution in [0.3, 0.4) is 0 Å². The number of fused-ring (bicyclic) bond motifs is 2. The van der Waals surface area contributed by atoms with Gasteiger partial charge in [-0.2, -0.15) is 0 Å². The second-order valence-electron chi connectivity index (χ2n) is 5.24. The SMILES string of the molecule is O=C1Nc2cccc(Cl)c2C1=Cc1cccc2ccccc12. The summed E-state index contributed by atoms with van der Waals surface area (Å²) >= 11 is 6.28. The van der Waals surface area contributed by atoms with Gasteiger partial charge in [0.15, 0.2) is 0 Å². The third-order valence-electron chi connectivity index (χ3n) is 3.90. The van der Waals surface area contributed by atoms with Gasteiger partial charge in [0.1, 0.15) is 0 Å². The summed E-state index contributed by atoms with van der Waals surface area (Å²) < 4.78 is 0. The van der Waals surface area contributed by atoms with Gasteiger partial charge in [-0.15, -0.1) is 0 Å². The van der Waals surface area contributed by atoms with Gasteiger partial charge in [0.25, 0.3) is 5.91 Å². The lowest BCUT2D eigenvalue weighted by Crippen LogP contribution is -2.03. The van der Waals surface area contributed by atoms with Crippen molar-refractivity contribution in [1.82, 2.24) is 0 Å². The zero-order valence-corrected chi connectivity index (χ0v) is 12.4. The van der Waals surface area contributed by atoms with Gasteiger partial charge in [0.2, 0.25) is 0 Å². The number of rotatable bonds is 1. The standard InChI is InChI=1S/C19H12ClNO/c20-16-9-4-10-17-18(16)15(19(22)21-17)11-13-7-3-6-12-5-1-2-8-14(12)13/h1-11H,(H,21,22). The summed E-state index contributed by atoms with van der Waals surface area (Å²) in [5.41, 5.74) is 3.17. The average molecular weight is 306 g/mol. The molecule has 0 spiro atoms. The highest BCUT2D eigenvalue weighted by Gasteiger charge is 2.26. The van der Waals surface area contributed by atoms with E-state index in [1.165, 1.54) is 0 Å². The molecule has 0 fully saturated rings. The Morgan fingerprint density at radius 1 is 0.909 bits per heavy atom. The molecule has 3 aromatic rings. The summed E-state index contributed by atoms with van der Waals surface area (Å²) in [6.07, 6.45) is 1.91. The molecule has 1 aliphatic heterocycles. The van der Waals surface area contributed by atoms with E-state index < -0.39 is 0 Å². The van der Waals surface area contributed by atoms with Crippen LogP contribution in [0, 0.1) is 0 Å². The second-order valence-corrected chi connectivity index (χ2v) is 5.65. The fraction of sp³-hybridized carbons (Fsp3) is 0. The molecule has 0 aromatic heterocycles. The lowest BCUT2D eigenvalue weighted by molar-refractivity contribution is -0.110. The number of anilines is 1. The fourth-order valence-electron chi connectivity index (χ4n) is 2.87. The number of hydrogen-bond donors (Lipinski definition) is 1. The minimum atomic E-state index is -0.115. The predicted molar refractivity (Wildman–Crippen MR) is 91.9 cm³/mol. The van der Waals surface area contributed by atoms with Crippen molar-refractivity contribution in [1.29, 1.82) is 0 Å². The number of halogens is 1. The molecule has 0 saturated carbocycles. The Balaban J connectivity index is 1.95. The summed E-state index contributed by atoms with van der Waals surface area (Å²) in [7, 11) is 0. The van der Waals surface area contributed by atoms with E-state index in [4.69, 9.17) is 11.6 Å². The number of hydrogen-bond acceptors (Lipinski definition) is 1. The van der Waals surface area contributed by atoms with E-state index in [9.17, 15) is 4.79 Å². The summed E-state index contributed by atoms with van der Waals surface area (Å²) in [5, 5.41) is 5.71. The first-order chi connectivity index (χ1) is 10.7. The van der Waals surface area contributed by atoms with E-state index in [0.29, 0.717) is 10.6 Å². The molecule has 0 saturated heterocycles. The van der Waals surface area contributed by atoms with E-state index in [-0.39, 0.29) is 5.91 Å². The van der Waals surface area contributed by atoms with Crippen LogP contribution >= 0.6 is 11.6 Å². The number of carbonyl (C=O) groups is 1. The molecule has 0 radical (unpaired) electrons. The molecule has 1 amide bonds. The van der Waals surface area contributed by atoms with E-state index in [1.54, 1.807) is 6.07 Å². The monoisotopic (exact) mass is 305 g/mol. The molecule has 3 aromatic carbocycles. The van der Waals surface area contributed by atoms with Crippen LogP contribution in [0.4, 0.5) is 5.69 Å². The fourth-order valence-corrected chi connectivity index (χ4v) is 3.15. The number of amides is 1. The van der Waals surface area contributed by atoms with Gasteiger partial charge in [0, 0.05) is 5.56 Å². The van der Waals surface area contributed by atoms with Gasteiger partial charge in [-0.05, 0) is 34.5 Å². The molecule has 0 aliphatic carbocycles. The van der Waals surface area contributed by atoms with Crippen molar-refractivity contribution >= 4 is 45.6 Å². The quantitative estimate of drug-likeness (QED) is 0.631. The van der Waals surface area contributed by atoms with Gasteiger partial charge in [-0.1, -0.05) is 60.1 Å². The average Bonchev–Trinajstić information content (AvgIpc) is 2.85. The Kier molecular flexibility index (Phi) is 2.98. The minimum absolute atomic E-state index is 0.115. The second kappa shape index (κ2) is 5.00. The zero-order valence-electron chi connectivity index (χ0n) is 11.6. The molecule has 106 valence electrons. The van der Waals surface area contributed by atoms with Crippen molar-refractivity contribution in [2.45, 2.75) is 0 Å². The summed E-state index contributed by atoms with van der Waals surface area (Å²) in [4.78, 5) is 12.3. The first kappa shape index (κ1) is 13.1. The Bertz CT molecular complexity index is 938. The van der Waals surface area contributed by atoms with Crippen LogP contribution in [-0.2, 0) is 4.79 Å². The van der Waals surface area contributed by atoms with Crippen molar-refractivity contribution < 1.29 is 4.79 Å². The van der Waals surface area contributed by atoms with Crippen LogP contribution in [0.15, 0.2) is 60.7 Å². The van der Waals surface area contributed by atoms with E-state index >= 15 is 0 Å². The Hall–Kier alpha value is -2.58. The third kappa shape index (κ3) is 2.00. The molecule has 3 heteroatoms. The summed E-state index contributed by atoms with van der Waals surface area (Å²) in [6, 6.07) is 19.7. The van der Waals surface area contributed by atoms with Crippen molar-refractivity contribution in [3.63, 3.8) is 0 Å². The molecular formula is C19H12ClNO. The third-order valence-corrected chi connectivity index (χ3v) is 4.21. The molecule has 22 heavy (non-hydrogen) atoms. The highest BCUT2D eigenvalue weighted by molar-refractivity contribution is 6.41. The molecule has 4 rings (SSSR count). The molecule has 0 bridgehead atoms. The molecule has 2 nitrogen and oxygen atoms in total. The lowest BCUT2D eigenvalue weighted by atomic mass is 9.99. The molecular weight excluding hydrogens is 294 g/mol. The predicted octanol–water partition coefficient (Wildman–Crippen LogP) is 4.99. The lowest BCUT2D eigenvalue weighted by Gasteiger charge is -2.04. The maximum absolute atomic E-state index is 12.3. The van der Waals surface area contributed by atoms with Crippen molar-refractivity contribution in [3.05, 3.63) is 76.8 Å². The first-order valence-corrected chi connectivity index (χ1v) is 7.41.